The second kappa shape index (κ2) is 5.33. The summed E-state index contributed by atoms with van der Waals surface area (Å²) in [5.41, 5.74) is 2.59. The van der Waals surface area contributed by atoms with E-state index in [-0.39, 0.29) is 0 Å². The van der Waals surface area contributed by atoms with Gasteiger partial charge >= 0.3 is 0 Å². The van der Waals surface area contributed by atoms with Gasteiger partial charge in [-0.15, -0.1) is 0 Å². The normalized spacial score (nSPS) is 21.1. The van der Waals surface area contributed by atoms with Crippen molar-refractivity contribution < 1.29 is 0 Å². The second-order valence-electron chi connectivity index (χ2n) is 5.27. The molecular weight excluding hydrogens is 238 g/mol. The van der Waals surface area contributed by atoms with E-state index in [1.807, 2.05) is 0 Å². The zero-order valence-electron chi connectivity index (χ0n) is 11.3. The van der Waals surface area contributed by atoms with Gasteiger partial charge in [-0.05, 0) is 25.3 Å². The fourth-order valence-electron chi connectivity index (χ4n) is 2.66. The highest BCUT2D eigenvalue weighted by Crippen LogP contribution is 2.39. The molecule has 1 atom stereocenters. The lowest BCUT2D eigenvalue weighted by Crippen LogP contribution is -2.27. The molecule has 98 valence electrons. The van der Waals surface area contributed by atoms with Gasteiger partial charge in [0.15, 0.2) is 0 Å². The van der Waals surface area contributed by atoms with E-state index in [1.54, 1.807) is 0 Å². The molecule has 1 fully saturated rings. The van der Waals surface area contributed by atoms with Gasteiger partial charge in [0.25, 0.3) is 0 Å². The smallest absolute Gasteiger partial charge is 0.0397 e. The fourth-order valence-corrected chi connectivity index (χ4v) is 4.98. The monoisotopic (exact) mass is 261 g/mol. The third-order valence-corrected chi connectivity index (χ3v) is 5.85. The Morgan fingerprint density at radius 3 is 2.61 bits per heavy atom. The molecule has 1 aliphatic heterocycles. The number of hydrogen-bond donors (Lipinski definition) is 0. The number of benzene rings is 1. The summed E-state index contributed by atoms with van der Waals surface area (Å²) in [6.07, 6.45) is 2.45. The van der Waals surface area contributed by atoms with Crippen LogP contribution >= 0.6 is 9.39 Å². The third kappa shape index (κ3) is 2.88. The zero-order chi connectivity index (χ0) is 13.2. The lowest BCUT2D eigenvalue weighted by Gasteiger charge is -2.33. The first-order chi connectivity index (χ1) is 8.50. The van der Waals surface area contributed by atoms with Gasteiger partial charge in [0.2, 0.25) is 0 Å². The summed E-state index contributed by atoms with van der Waals surface area (Å²) in [6.45, 7) is 7.37. The standard InChI is InChI=1S/C16H23NS/c1-14(2)16-11-8-12-17(16)18(3,4)13-15-9-6-5-7-10-15/h5-7,9-10,16H,1,3-4,8,11-13H2,2H3. The SMILES string of the molecule is C=C(C)C1CCCN1S(=C)(=C)Cc1ccccc1. The average molecular weight is 261 g/mol. The molecule has 2 heteroatoms. The molecule has 1 aromatic rings. The van der Waals surface area contributed by atoms with Crippen LogP contribution in [0.2, 0.25) is 0 Å². The number of nitrogens with zero attached hydrogens (tertiary/aromatic N) is 1. The maximum absolute atomic E-state index is 4.44. The average Bonchev–Trinajstić information content (AvgIpc) is 2.79. The van der Waals surface area contributed by atoms with Crippen molar-refractivity contribution in [3.63, 3.8) is 0 Å². The van der Waals surface area contributed by atoms with Crippen LogP contribution in [0.5, 0.6) is 0 Å². The van der Waals surface area contributed by atoms with Gasteiger partial charge in [0.05, 0.1) is 0 Å². The number of rotatable bonds is 4. The molecule has 1 saturated heterocycles. The molecule has 18 heavy (non-hydrogen) atoms. The van der Waals surface area contributed by atoms with Crippen LogP contribution in [0.1, 0.15) is 25.3 Å². The Hall–Kier alpha value is -0.990. The molecule has 0 N–H and O–H groups in total. The molecular formula is C16H23NS. The Bertz CT molecular complexity index is 513. The summed E-state index contributed by atoms with van der Waals surface area (Å²) < 4.78 is 2.50. The number of hydrogen-bond acceptors (Lipinski definition) is 1. The maximum atomic E-state index is 4.44. The molecule has 0 radical (unpaired) electrons. The summed E-state index contributed by atoms with van der Waals surface area (Å²) in [6, 6.07) is 11.1. The van der Waals surface area contributed by atoms with E-state index >= 15 is 0 Å². The third-order valence-electron chi connectivity index (χ3n) is 3.55. The van der Waals surface area contributed by atoms with Gasteiger partial charge in [-0.2, -0.15) is 9.39 Å². The molecule has 0 saturated carbocycles. The zero-order valence-corrected chi connectivity index (χ0v) is 12.1. The minimum absolute atomic E-state index is 0.485. The van der Waals surface area contributed by atoms with E-state index in [9.17, 15) is 0 Å². The Labute approximate surface area is 112 Å². The van der Waals surface area contributed by atoms with E-state index in [1.165, 1.54) is 24.0 Å². The lowest BCUT2D eigenvalue weighted by atomic mass is 10.1. The molecule has 0 aromatic heterocycles. The molecule has 0 aliphatic carbocycles. The van der Waals surface area contributed by atoms with Crippen LogP contribution in [0, 0.1) is 0 Å². The van der Waals surface area contributed by atoms with Crippen LogP contribution in [0.4, 0.5) is 0 Å². The highest BCUT2D eigenvalue weighted by atomic mass is 32.2. The molecule has 0 spiro atoms. The van der Waals surface area contributed by atoms with Gasteiger partial charge in [-0.1, -0.05) is 54.2 Å². The first kappa shape index (κ1) is 13.4. The van der Waals surface area contributed by atoms with E-state index in [2.05, 4.69) is 59.9 Å². The predicted molar refractivity (Wildman–Crippen MR) is 86.5 cm³/mol. The molecule has 2 rings (SSSR count). The van der Waals surface area contributed by atoms with Crippen LogP contribution in [-0.4, -0.2) is 28.6 Å². The largest absolute Gasteiger partial charge is 0.254 e. The highest BCUT2D eigenvalue weighted by molar-refractivity contribution is 8.25. The van der Waals surface area contributed by atoms with Gasteiger partial charge in [0.1, 0.15) is 0 Å². The first-order valence-electron chi connectivity index (χ1n) is 6.44. The summed E-state index contributed by atoms with van der Waals surface area (Å²) in [5.74, 6) is 9.84. The van der Waals surface area contributed by atoms with Gasteiger partial charge in [-0.3, -0.25) is 4.31 Å². The molecule has 1 aromatic carbocycles. The van der Waals surface area contributed by atoms with E-state index in [0.29, 0.717) is 6.04 Å². The van der Waals surface area contributed by atoms with E-state index in [0.717, 1.165) is 12.3 Å². The van der Waals surface area contributed by atoms with Crippen LogP contribution in [0.15, 0.2) is 42.5 Å². The van der Waals surface area contributed by atoms with Gasteiger partial charge in [-0.25, -0.2) is 0 Å². The van der Waals surface area contributed by atoms with Crippen molar-refractivity contribution in [2.45, 2.75) is 31.6 Å². The van der Waals surface area contributed by atoms with Gasteiger partial charge < -0.3 is 0 Å². The highest BCUT2D eigenvalue weighted by Gasteiger charge is 2.27. The topological polar surface area (TPSA) is 3.24 Å². The molecule has 1 nitrogen and oxygen atoms in total. The summed E-state index contributed by atoms with van der Waals surface area (Å²) >= 11 is 0. The molecule has 0 bridgehead atoms. The Balaban J connectivity index is 2.19. The minimum atomic E-state index is -1.23. The van der Waals surface area contributed by atoms with Crippen molar-refractivity contribution in [1.29, 1.82) is 0 Å². The van der Waals surface area contributed by atoms with Gasteiger partial charge in [0, 0.05) is 18.3 Å². The summed E-state index contributed by atoms with van der Waals surface area (Å²) in [5, 5.41) is 0. The van der Waals surface area contributed by atoms with Crippen molar-refractivity contribution in [3.05, 3.63) is 48.0 Å². The lowest BCUT2D eigenvalue weighted by molar-refractivity contribution is 0.484. The minimum Gasteiger partial charge on any atom is -0.254 e. The molecule has 1 unspecified atom stereocenters. The maximum Gasteiger partial charge on any atom is 0.0397 e. The quantitative estimate of drug-likeness (QED) is 0.588. The Kier molecular flexibility index (Phi) is 3.98. The van der Waals surface area contributed by atoms with Crippen molar-refractivity contribution in [1.82, 2.24) is 4.31 Å². The van der Waals surface area contributed by atoms with Crippen LogP contribution < -0.4 is 0 Å². The van der Waals surface area contributed by atoms with Crippen LogP contribution in [0.25, 0.3) is 0 Å². The predicted octanol–water partition coefficient (Wildman–Crippen LogP) is 3.81. The Morgan fingerprint density at radius 2 is 2.00 bits per heavy atom. The Morgan fingerprint density at radius 1 is 1.33 bits per heavy atom. The molecule has 1 heterocycles. The fraction of sp³-hybridized carbons (Fsp3) is 0.375. The van der Waals surface area contributed by atoms with Crippen LogP contribution in [0.3, 0.4) is 0 Å². The summed E-state index contributed by atoms with van der Waals surface area (Å²) in [7, 11) is -1.23. The first-order valence-corrected chi connectivity index (χ1v) is 8.53. The van der Waals surface area contributed by atoms with E-state index < -0.39 is 9.39 Å². The molecule has 0 amide bonds. The van der Waals surface area contributed by atoms with E-state index in [4.69, 9.17) is 0 Å². The molecule has 1 aliphatic rings. The van der Waals surface area contributed by atoms with Crippen molar-refractivity contribution in [2.75, 3.05) is 6.54 Å². The second-order valence-corrected chi connectivity index (χ2v) is 8.03. The van der Waals surface area contributed by atoms with Crippen molar-refractivity contribution in [2.24, 2.45) is 0 Å². The van der Waals surface area contributed by atoms with Crippen molar-refractivity contribution in [3.8, 4) is 0 Å². The summed E-state index contributed by atoms with van der Waals surface area (Å²) in [4.78, 5) is 0. The van der Waals surface area contributed by atoms with Crippen LogP contribution in [-0.2, 0) is 5.75 Å². The van der Waals surface area contributed by atoms with Crippen molar-refractivity contribution >= 4 is 21.1 Å².